The average Bonchev–Trinajstić information content (AvgIpc) is 2.76. The summed E-state index contributed by atoms with van der Waals surface area (Å²) in [5, 5.41) is 22.0. The van der Waals surface area contributed by atoms with Gasteiger partial charge in [0.1, 0.15) is 4.90 Å². The van der Waals surface area contributed by atoms with Crippen LogP contribution in [0.5, 0.6) is 0 Å². The van der Waals surface area contributed by atoms with Gasteiger partial charge in [-0.05, 0) is 12.1 Å². The Morgan fingerprint density at radius 2 is 1.41 bits per heavy atom. The van der Waals surface area contributed by atoms with Crippen molar-refractivity contribution < 1.29 is 36.2 Å². The van der Waals surface area contributed by atoms with Crippen LogP contribution in [0.15, 0.2) is 35.2 Å². The molecular formula is C17H13F3N4O7S. The van der Waals surface area contributed by atoms with Gasteiger partial charge in [0.2, 0.25) is 10.0 Å². The second kappa shape index (κ2) is 8.51. The molecule has 2 aromatic carbocycles. The Hall–Kier alpha value is -3.59. The zero-order chi connectivity index (χ0) is 23.8. The summed E-state index contributed by atoms with van der Waals surface area (Å²) in [5.74, 6) is -6.17. The van der Waals surface area contributed by atoms with Crippen LogP contribution in [0, 0.1) is 37.7 Å². The summed E-state index contributed by atoms with van der Waals surface area (Å²) in [7, 11) is -4.55. The minimum Gasteiger partial charge on any atom is -0.336 e. The lowest BCUT2D eigenvalue weighted by Crippen LogP contribution is -2.50. The van der Waals surface area contributed by atoms with E-state index in [1.807, 2.05) is 0 Å². The lowest BCUT2D eigenvalue weighted by molar-refractivity contribution is -0.394. The molecule has 0 spiro atoms. The van der Waals surface area contributed by atoms with E-state index < -0.39 is 59.5 Å². The predicted octanol–water partition coefficient (Wildman–Crippen LogP) is 2.07. The van der Waals surface area contributed by atoms with Crippen molar-refractivity contribution in [3.8, 4) is 0 Å². The Kier molecular flexibility index (Phi) is 6.13. The van der Waals surface area contributed by atoms with Crippen molar-refractivity contribution in [3.63, 3.8) is 0 Å². The Labute approximate surface area is 178 Å². The molecule has 11 nitrogen and oxygen atoms in total. The standard InChI is InChI=1S/C17H13F3N4O7S/c18-13-1-2-14(16(20)15(13)19)32(30,31)22-5-3-21(4-6-22)17(25)10-7-11(23(26)27)9-12(8-10)24(28)29/h1-2,7-9H,3-6H2. The van der Waals surface area contributed by atoms with Crippen molar-refractivity contribution in [1.29, 1.82) is 0 Å². The first-order valence-electron chi connectivity index (χ1n) is 8.80. The van der Waals surface area contributed by atoms with Crippen LogP contribution >= 0.6 is 0 Å². The number of hydrogen-bond acceptors (Lipinski definition) is 7. The van der Waals surface area contributed by atoms with E-state index >= 15 is 0 Å². The zero-order valence-corrected chi connectivity index (χ0v) is 16.7. The number of hydrogen-bond donors (Lipinski definition) is 0. The van der Waals surface area contributed by atoms with Crippen molar-refractivity contribution in [2.45, 2.75) is 4.90 Å². The smallest absolute Gasteiger partial charge is 0.277 e. The molecule has 15 heteroatoms. The number of rotatable bonds is 5. The third-order valence-electron chi connectivity index (χ3n) is 4.71. The monoisotopic (exact) mass is 474 g/mol. The number of benzene rings is 2. The Balaban J connectivity index is 1.80. The number of non-ortho nitro benzene ring substituents is 2. The molecule has 170 valence electrons. The summed E-state index contributed by atoms with van der Waals surface area (Å²) in [6.07, 6.45) is 0. The van der Waals surface area contributed by atoms with Crippen LogP contribution in [0.1, 0.15) is 10.4 Å². The molecule has 0 aromatic heterocycles. The summed E-state index contributed by atoms with van der Waals surface area (Å²) in [5.41, 5.74) is -1.68. The third-order valence-corrected chi connectivity index (χ3v) is 6.63. The molecule has 3 rings (SSSR count). The topological polar surface area (TPSA) is 144 Å². The molecule has 2 aromatic rings. The van der Waals surface area contributed by atoms with Gasteiger partial charge < -0.3 is 4.90 Å². The van der Waals surface area contributed by atoms with Gasteiger partial charge in [-0.1, -0.05) is 0 Å². The van der Waals surface area contributed by atoms with Crippen molar-refractivity contribution in [3.05, 3.63) is 73.6 Å². The summed E-state index contributed by atoms with van der Waals surface area (Å²) >= 11 is 0. The first-order chi connectivity index (χ1) is 14.9. The van der Waals surface area contributed by atoms with Gasteiger partial charge in [0.05, 0.1) is 21.5 Å². The summed E-state index contributed by atoms with van der Waals surface area (Å²) in [4.78, 5) is 32.9. The number of amides is 1. The van der Waals surface area contributed by atoms with Crippen LogP contribution in [-0.2, 0) is 10.0 Å². The molecule has 0 saturated carbocycles. The fourth-order valence-corrected chi connectivity index (χ4v) is 4.57. The Morgan fingerprint density at radius 3 is 1.91 bits per heavy atom. The van der Waals surface area contributed by atoms with Crippen LogP contribution in [0.25, 0.3) is 0 Å². The highest BCUT2D eigenvalue weighted by Crippen LogP contribution is 2.26. The van der Waals surface area contributed by atoms with E-state index in [9.17, 15) is 46.6 Å². The maximum Gasteiger partial charge on any atom is 0.277 e. The molecule has 1 heterocycles. The van der Waals surface area contributed by atoms with Crippen LogP contribution in [0.4, 0.5) is 24.5 Å². The van der Waals surface area contributed by atoms with Gasteiger partial charge in [0.25, 0.3) is 17.3 Å². The molecule has 1 aliphatic heterocycles. The molecule has 1 amide bonds. The minimum absolute atomic E-state index is 0.236. The van der Waals surface area contributed by atoms with Gasteiger partial charge in [-0.25, -0.2) is 21.6 Å². The number of piperazine rings is 1. The van der Waals surface area contributed by atoms with Gasteiger partial charge in [-0.2, -0.15) is 4.31 Å². The van der Waals surface area contributed by atoms with Gasteiger partial charge in [-0.3, -0.25) is 25.0 Å². The average molecular weight is 474 g/mol. The van der Waals surface area contributed by atoms with Crippen LogP contribution < -0.4 is 0 Å². The molecule has 32 heavy (non-hydrogen) atoms. The molecule has 0 radical (unpaired) electrons. The first kappa shape index (κ1) is 23.1. The highest BCUT2D eigenvalue weighted by Gasteiger charge is 2.34. The zero-order valence-electron chi connectivity index (χ0n) is 15.9. The van der Waals surface area contributed by atoms with Crippen molar-refractivity contribution in [2.75, 3.05) is 26.2 Å². The fraction of sp³-hybridized carbons (Fsp3) is 0.235. The number of carbonyl (C=O) groups excluding carboxylic acids is 1. The summed E-state index contributed by atoms with van der Waals surface area (Å²) in [6.45, 7) is -1.16. The normalized spacial score (nSPS) is 14.9. The van der Waals surface area contributed by atoms with Crippen molar-refractivity contribution in [1.82, 2.24) is 9.21 Å². The van der Waals surface area contributed by atoms with Gasteiger partial charge >= 0.3 is 0 Å². The molecule has 1 fully saturated rings. The van der Waals surface area contributed by atoms with Crippen LogP contribution in [0.2, 0.25) is 0 Å². The number of carbonyl (C=O) groups is 1. The number of nitro groups is 2. The maximum atomic E-state index is 14.0. The second-order valence-corrected chi connectivity index (χ2v) is 8.53. The lowest BCUT2D eigenvalue weighted by Gasteiger charge is -2.34. The van der Waals surface area contributed by atoms with Gasteiger partial charge in [0, 0.05) is 38.3 Å². The molecule has 0 bridgehead atoms. The van der Waals surface area contributed by atoms with Crippen molar-refractivity contribution in [2.24, 2.45) is 0 Å². The van der Waals surface area contributed by atoms with E-state index in [1.54, 1.807) is 0 Å². The number of nitrogens with zero attached hydrogens (tertiary/aromatic N) is 4. The predicted molar refractivity (Wildman–Crippen MR) is 101 cm³/mol. The summed E-state index contributed by atoms with van der Waals surface area (Å²) < 4.78 is 66.5. The molecule has 1 aliphatic rings. The lowest BCUT2D eigenvalue weighted by atomic mass is 10.1. The fourth-order valence-electron chi connectivity index (χ4n) is 3.09. The van der Waals surface area contributed by atoms with E-state index in [-0.39, 0.29) is 31.7 Å². The number of halogens is 3. The molecule has 1 saturated heterocycles. The van der Waals surface area contributed by atoms with E-state index in [1.165, 1.54) is 0 Å². The maximum absolute atomic E-state index is 14.0. The highest BCUT2D eigenvalue weighted by molar-refractivity contribution is 7.89. The van der Waals surface area contributed by atoms with E-state index in [0.29, 0.717) is 18.2 Å². The molecule has 0 N–H and O–H groups in total. The SMILES string of the molecule is O=C(c1cc([N+](=O)[O-])cc([N+](=O)[O-])c1)N1CCN(S(=O)(=O)c2ccc(F)c(F)c2F)CC1. The third kappa shape index (κ3) is 4.24. The molecule has 0 atom stereocenters. The van der Waals surface area contributed by atoms with Crippen molar-refractivity contribution >= 4 is 27.3 Å². The highest BCUT2D eigenvalue weighted by atomic mass is 32.2. The Morgan fingerprint density at radius 1 is 0.875 bits per heavy atom. The Bertz CT molecular complexity index is 1200. The van der Waals surface area contributed by atoms with Crippen LogP contribution in [0.3, 0.4) is 0 Å². The van der Waals surface area contributed by atoms with Crippen LogP contribution in [-0.4, -0.2) is 59.6 Å². The quantitative estimate of drug-likeness (QED) is 0.366. The van der Waals surface area contributed by atoms with Gasteiger partial charge in [-0.15, -0.1) is 0 Å². The summed E-state index contributed by atoms with van der Waals surface area (Å²) in [6, 6.07) is 3.46. The second-order valence-electron chi connectivity index (χ2n) is 6.62. The number of nitro benzene ring substituents is 2. The van der Waals surface area contributed by atoms with E-state index in [2.05, 4.69) is 0 Å². The first-order valence-corrected chi connectivity index (χ1v) is 10.2. The molecular weight excluding hydrogens is 461 g/mol. The van der Waals surface area contributed by atoms with E-state index in [0.717, 1.165) is 21.3 Å². The minimum atomic E-state index is -4.55. The number of sulfonamides is 1. The largest absolute Gasteiger partial charge is 0.336 e. The molecule has 0 aliphatic carbocycles. The molecule has 0 unspecified atom stereocenters. The van der Waals surface area contributed by atoms with Gasteiger partial charge in [0.15, 0.2) is 17.5 Å². The van der Waals surface area contributed by atoms with E-state index in [4.69, 9.17) is 0 Å².